The van der Waals surface area contributed by atoms with Crippen LogP contribution in [0.4, 0.5) is 0 Å². The van der Waals surface area contributed by atoms with Crippen LogP contribution in [0.15, 0.2) is 18.2 Å². The summed E-state index contributed by atoms with van der Waals surface area (Å²) in [5, 5.41) is 8.89. The summed E-state index contributed by atoms with van der Waals surface area (Å²) < 4.78 is 10.2. The number of benzene rings is 1. The van der Waals surface area contributed by atoms with Crippen molar-refractivity contribution < 1.29 is 19.4 Å². The Morgan fingerprint density at radius 1 is 1.29 bits per heavy atom. The molecule has 94 valence electrons. The molecule has 1 aromatic carbocycles. The Morgan fingerprint density at radius 3 is 2.47 bits per heavy atom. The third-order valence-corrected chi connectivity index (χ3v) is 2.54. The molecule has 1 unspecified atom stereocenters. The molecule has 0 radical (unpaired) electrons. The zero-order valence-corrected chi connectivity index (χ0v) is 10.4. The summed E-state index contributed by atoms with van der Waals surface area (Å²) in [5.41, 5.74) is 1.94. The van der Waals surface area contributed by atoms with Gasteiger partial charge >= 0.3 is 5.97 Å². The Kier molecular flexibility index (Phi) is 4.97. The summed E-state index contributed by atoms with van der Waals surface area (Å²) in [4.78, 5) is 10.8. The molecule has 17 heavy (non-hydrogen) atoms. The quantitative estimate of drug-likeness (QED) is 0.824. The van der Waals surface area contributed by atoms with E-state index in [-0.39, 0.29) is 0 Å². The predicted octanol–water partition coefficient (Wildman–Crippen LogP) is 2.10. The highest BCUT2D eigenvalue weighted by molar-refractivity contribution is 5.69. The van der Waals surface area contributed by atoms with Gasteiger partial charge in [0.15, 0.2) is 0 Å². The van der Waals surface area contributed by atoms with E-state index in [1.807, 2.05) is 18.2 Å². The van der Waals surface area contributed by atoms with Crippen molar-refractivity contribution >= 4 is 5.97 Å². The lowest BCUT2D eigenvalue weighted by atomic mass is 9.99. The van der Waals surface area contributed by atoms with Crippen molar-refractivity contribution in [3.63, 3.8) is 0 Å². The molecule has 0 saturated heterocycles. The van der Waals surface area contributed by atoms with E-state index in [9.17, 15) is 4.79 Å². The lowest BCUT2D eigenvalue weighted by molar-refractivity contribution is -0.141. The standard InChI is InChI=1S/C13H18O4/c1-9(13(14)15)4-10-5-11(8-16-2)7-12(6-10)17-3/h5-7,9H,4,8H2,1-3H3,(H,14,15). The number of aliphatic carboxylic acids is 1. The Bertz CT molecular complexity index is 387. The molecule has 0 aliphatic heterocycles. The molecular weight excluding hydrogens is 220 g/mol. The summed E-state index contributed by atoms with van der Waals surface area (Å²) in [6, 6.07) is 5.70. The lowest BCUT2D eigenvalue weighted by Gasteiger charge is -2.10. The van der Waals surface area contributed by atoms with Crippen molar-refractivity contribution in [3.05, 3.63) is 29.3 Å². The molecule has 1 atom stereocenters. The van der Waals surface area contributed by atoms with Crippen LogP contribution in [0.2, 0.25) is 0 Å². The molecular formula is C13H18O4. The first-order chi connectivity index (χ1) is 8.06. The van der Waals surface area contributed by atoms with Gasteiger partial charge in [-0.25, -0.2) is 0 Å². The molecule has 1 N–H and O–H groups in total. The van der Waals surface area contributed by atoms with Crippen molar-refractivity contribution in [2.75, 3.05) is 14.2 Å². The van der Waals surface area contributed by atoms with Crippen LogP contribution < -0.4 is 4.74 Å². The van der Waals surface area contributed by atoms with Crippen molar-refractivity contribution in [2.45, 2.75) is 20.0 Å². The van der Waals surface area contributed by atoms with Gasteiger partial charge in [0.2, 0.25) is 0 Å². The van der Waals surface area contributed by atoms with Crippen LogP contribution >= 0.6 is 0 Å². The highest BCUT2D eigenvalue weighted by Crippen LogP contribution is 2.20. The van der Waals surface area contributed by atoms with Gasteiger partial charge in [-0.3, -0.25) is 4.79 Å². The van der Waals surface area contributed by atoms with Gasteiger partial charge in [-0.15, -0.1) is 0 Å². The van der Waals surface area contributed by atoms with Crippen molar-refractivity contribution in [3.8, 4) is 5.75 Å². The fourth-order valence-electron chi connectivity index (χ4n) is 1.66. The molecule has 1 aromatic rings. The Balaban J connectivity index is 2.90. The SMILES string of the molecule is COCc1cc(CC(C)C(=O)O)cc(OC)c1. The molecule has 0 amide bonds. The Labute approximate surface area is 101 Å². The largest absolute Gasteiger partial charge is 0.497 e. The number of ether oxygens (including phenoxy) is 2. The molecule has 0 saturated carbocycles. The number of rotatable bonds is 6. The zero-order valence-electron chi connectivity index (χ0n) is 10.4. The van der Waals surface area contributed by atoms with Gasteiger partial charge < -0.3 is 14.6 Å². The molecule has 1 rings (SSSR count). The van der Waals surface area contributed by atoms with Gasteiger partial charge in [0.1, 0.15) is 5.75 Å². The first-order valence-corrected chi connectivity index (χ1v) is 5.45. The van der Waals surface area contributed by atoms with Gasteiger partial charge in [-0.1, -0.05) is 13.0 Å². The molecule has 0 aliphatic carbocycles. The first kappa shape index (κ1) is 13.5. The van der Waals surface area contributed by atoms with Crippen LogP contribution in [-0.2, 0) is 22.6 Å². The van der Waals surface area contributed by atoms with E-state index in [1.165, 1.54) is 0 Å². The summed E-state index contributed by atoms with van der Waals surface area (Å²) in [5.74, 6) is -0.467. The van der Waals surface area contributed by atoms with E-state index >= 15 is 0 Å². The third kappa shape index (κ3) is 4.07. The van der Waals surface area contributed by atoms with E-state index in [0.29, 0.717) is 13.0 Å². The van der Waals surface area contributed by atoms with Crippen LogP contribution in [-0.4, -0.2) is 25.3 Å². The first-order valence-electron chi connectivity index (χ1n) is 5.45. The van der Waals surface area contributed by atoms with E-state index in [0.717, 1.165) is 16.9 Å². The maximum atomic E-state index is 10.8. The fourth-order valence-corrected chi connectivity index (χ4v) is 1.66. The van der Waals surface area contributed by atoms with Crippen LogP contribution in [0.5, 0.6) is 5.75 Å². The van der Waals surface area contributed by atoms with Crippen LogP contribution in [0.1, 0.15) is 18.1 Å². The zero-order chi connectivity index (χ0) is 12.8. The summed E-state index contributed by atoms with van der Waals surface area (Å²) >= 11 is 0. The van der Waals surface area contributed by atoms with Gasteiger partial charge in [-0.05, 0) is 29.7 Å². The average molecular weight is 238 g/mol. The van der Waals surface area contributed by atoms with Crippen molar-refractivity contribution in [1.82, 2.24) is 0 Å². The van der Waals surface area contributed by atoms with Gasteiger partial charge in [0.25, 0.3) is 0 Å². The second-order valence-electron chi connectivity index (χ2n) is 4.07. The van der Waals surface area contributed by atoms with Gasteiger partial charge in [-0.2, -0.15) is 0 Å². The molecule has 0 spiro atoms. The summed E-state index contributed by atoms with van der Waals surface area (Å²) in [6.45, 7) is 2.18. The monoisotopic (exact) mass is 238 g/mol. The number of hydrogen-bond acceptors (Lipinski definition) is 3. The number of carboxylic acids is 1. The topological polar surface area (TPSA) is 55.8 Å². The smallest absolute Gasteiger partial charge is 0.306 e. The molecule has 0 bridgehead atoms. The number of hydrogen-bond donors (Lipinski definition) is 1. The average Bonchev–Trinajstić information content (AvgIpc) is 2.28. The minimum atomic E-state index is -0.791. The molecule has 4 heteroatoms. The minimum absolute atomic E-state index is 0.405. The number of carbonyl (C=O) groups is 1. The highest BCUT2D eigenvalue weighted by atomic mass is 16.5. The van der Waals surface area contributed by atoms with E-state index in [1.54, 1.807) is 21.1 Å². The summed E-state index contributed by atoms with van der Waals surface area (Å²) in [6.07, 6.45) is 0.489. The second-order valence-corrected chi connectivity index (χ2v) is 4.07. The molecule has 0 fully saturated rings. The molecule has 0 aliphatic rings. The third-order valence-electron chi connectivity index (χ3n) is 2.54. The van der Waals surface area contributed by atoms with Crippen LogP contribution in [0.25, 0.3) is 0 Å². The van der Waals surface area contributed by atoms with E-state index < -0.39 is 11.9 Å². The van der Waals surface area contributed by atoms with Crippen molar-refractivity contribution in [2.24, 2.45) is 5.92 Å². The van der Waals surface area contributed by atoms with Crippen molar-refractivity contribution in [1.29, 1.82) is 0 Å². The van der Waals surface area contributed by atoms with Crippen LogP contribution in [0.3, 0.4) is 0 Å². The second kappa shape index (κ2) is 6.25. The fraction of sp³-hybridized carbons (Fsp3) is 0.462. The van der Waals surface area contributed by atoms with Gasteiger partial charge in [0.05, 0.1) is 19.6 Å². The lowest BCUT2D eigenvalue weighted by Crippen LogP contribution is -2.12. The maximum absolute atomic E-state index is 10.8. The predicted molar refractivity (Wildman–Crippen MR) is 64.2 cm³/mol. The van der Waals surface area contributed by atoms with E-state index in [4.69, 9.17) is 14.6 Å². The maximum Gasteiger partial charge on any atom is 0.306 e. The highest BCUT2D eigenvalue weighted by Gasteiger charge is 2.12. The van der Waals surface area contributed by atoms with Crippen LogP contribution in [0, 0.1) is 5.92 Å². The van der Waals surface area contributed by atoms with Gasteiger partial charge in [0, 0.05) is 7.11 Å². The summed E-state index contributed by atoms with van der Waals surface area (Å²) in [7, 11) is 3.22. The Hall–Kier alpha value is -1.55. The number of methoxy groups -OCH3 is 2. The minimum Gasteiger partial charge on any atom is -0.497 e. The molecule has 0 heterocycles. The number of carboxylic acid groups (broad SMARTS) is 1. The molecule has 0 aromatic heterocycles. The Morgan fingerprint density at radius 2 is 1.94 bits per heavy atom. The van der Waals surface area contributed by atoms with E-state index in [2.05, 4.69) is 0 Å². The molecule has 4 nitrogen and oxygen atoms in total. The normalized spacial score (nSPS) is 12.2.